The van der Waals surface area contributed by atoms with Gasteiger partial charge in [0.15, 0.2) is 0 Å². The van der Waals surface area contributed by atoms with Crippen molar-refractivity contribution < 1.29 is 0 Å². The Morgan fingerprint density at radius 1 is 1.00 bits per heavy atom. The average Bonchev–Trinajstić information content (AvgIpc) is 2.46. The summed E-state index contributed by atoms with van der Waals surface area (Å²) < 4.78 is 0. The number of fused-ring (bicyclic) bond motifs is 2. The van der Waals surface area contributed by atoms with Crippen molar-refractivity contribution in [3.8, 4) is 0 Å². The second kappa shape index (κ2) is 4.92. The van der Waals surface area contributed by atoms with Crippen molar-refractivity contribution in [2.24, 2.45) is 10.7 Å². The lowest BCUT2D eigenvalue weighted by atomic mass is 9.87. The van der Waals surface area contributed by atoms with Crippen LogP contribution in [0.3, 0.4) is 0 Å². The Morgan fingerprint density at radius 3 is 2.47 bits per heavy atom. The molecule has 2 nitrogen and oxygen atoms in total. The lowest BCUT2D eigenvalue weighted by molar-refractivity contribution is 0.684. The molecule has 0 bridgehead atoms. The third kappa shape index (κ3) is 2.37. The minimum atomic E-state index is 0. The van der Waals surface area contributed by atoms with Crippen molar-refractivity contribution in [2.45, 2.75) is 32.1 Å². The summed E-state index contributed by atoms with van der Waals surface area (Å²) in [6, 6.07) is 4.66. The highest BCUT2D eigenvalue weighted by molar-refractivity contribution is 5.86. The summed E-state index contributed by atoms with van der Waals surface area (Å²) in [5.41, 5.74) is 11.5. The van der Waals surface area contributed by atoms with E-state index in [4.69, 9.17) is 5.73 Å². The van der Waals surface area contributed by atoms with Crippen molar-refractivity contribution >= 4 is 24.3 Å². The molecule has 0 spiro atoms. The Kier molecular flexibility index (Phi) is 3.53. The molecular formula is C14H17ClN2. The summed E-state index contributed by atoms with van der Waals surface area (Å²) in [6.07, 6.45) is 9.78. The third-order valence-corrected chi connectivity index (χ3v) is 3.47. The molecule has 0 amide bonds. The number of aliphatic imine (C=N–C) groups is 1. The molecule has 0 fully saturated rings. The summed E-state index contributed by atoms with van der Waals surface area (Å²) >= 11 is 0. The van der Waals surface area contributed by atoms with Crippen LogP contribution in [0, 0.1) is 0 Å². The normalized spacial score (nSPS) is 17.3. The number of rotatable bonds is 0. The fourth-order valence-electron chi connectivity index (χ4n) is 2.62. The van der Waals surface area contributed by atoms with Crippen LogP contribution in [0.4, 0.5) is 0 Å². The second-order valence-corrected chi connectivity index (χ2v) is 4.64. The second-order valence-electron chi connectivity index (χ2n) is 4.64. The number of nitrogens with zero attached hydrogens (tertiary/aromatic N) is 1. The summed E-state index contributed by atoms with van der Waals surface area (Å²) in [5.74, 6) is 0.714. The lowest BCUT2D eigenvalue weighted by Gasteiger charge is -2.18. The first-order valence-electron chi connectivity index (χ1n) is 5.96. The molecule has 0 aromatic heterocycles. The molecule has 0 saturated heterocycles. The molecule has 0 saturated carbocycles. The van der Waals surface area contributed by atoms with Crippen LogP contribution in [-0.2, 0) is 19.3 Å². The van der Waals surface area contributed by atoms with E-state index in [1.807, 2.05) is 6.20 Å². The SMILES string of the molecule is Cl.NC1=NC=Cc2cc3c(cc2C1)CCCC3. The largest absolute Gasteiger partial charge is 0.387 e. The molecule has 2 N–H and O–H groups in total. The monoisotopic (exact) mass is 248 g/mol. The Hall–Kier alpha value is -1.28. The number of halogens is 1. The molecule has 90 valence electrons. The van der Waals surface area contributed by atoms with Crippen molar-refractivity contribution in [2.75, 3.05) is 0 Å². The first-order valence-corrected chi connectivity index (χ1v) is 5.96. The van der Waals surface area contributed by atoms with E-state index in [9.17, 15) is 0 Å². The average molecular weight is 249 g/mol. The molecule has 1 aliphatic heterocycles. The van der Waals surface area contributed by atoms with Crippen LogP contribution in [0.25, 0.3) is 6.08 Å². The molecule has 1 aliphatic carbocycles. The van der Waals surface area contributed by atoms with Gasteiger partial charge in [-0.25, -0.2) is 4.99 Å². The highest BCUT2D eigenvalue weighted by atomic mass is 35.5. The van der Waals surface area contributed by atoms with Gasteiger partial charge in [-0.3, -0.25) is 0 Å². The van der Waals surface area contributed by atoms with Gasteiger partial charge >= 0.3 is 0 Å². The molecule has 0 atom stereocenters. The van der Waals surface area contributed by atoms with Gasteiger partial charge in [0.1, 0.15) is 5.84 Å². The highest BCUT2D eigenvalue weighted by Gasteiger charge is 2.13. The maximum atomic E-state index is 5.82. The molecule has 1 aromatic carbocycles. The third-order valence-electron chi connectivity index (χ3n) is 3.47. The first kappa shape index (κ1) is 12.2. The van der Waals surface area contributed by atoms with Crippen molar-refractivity contribution in [3.05, 3.63) is 40.6 Å². The predicted octanol–water partition coefficient (Wildman–Crippen LogP) is 2.87. The Balaban J connectivity index is 0.00000108. The van der Waals surface area contributed by atoms with Crippen LogP contribution < -0.4 is 5.73 Å². The molecule has 1 aromatic rings. The number of benzene rings is 1. The molecule has 3 heteroatoms. The molecule has 3 rings (SSSR count). The van der Waals surface area contributed by atoms with Gasteiger partial charge in [0.25, 0.3) is 0 Å². The zero-order valence-electron chi connectivity index (χ0n) is 9.78. The van der Waals surface area contributed by atoms with Gasteiger partial charge in [0.2, 0.25) is 0 Å². The minimum absolute atomic E-state index is 0. The van der Waals surface area contributed by atoms with E-state index >= 15 is 0 Å². The fourth-order valence-corrected chi connectivity index (χ4v) is 2.62. The van der Waals surface area contributed by atoms with Crippen LogP contribution in [0.5, 0.6) is 0 Å². The summed E-state index contributed by atoms with van der Waals surface area (Å²) in [5, 5.41) is 0. The van der Waals surface area contributed by atoms with Gasteiger partial charge in [-0.05, 0) is 54.0 Å². The number of nitrogens with two attached hydrogens (primary N) is 1. The molecule has 1 heterocycles. The predicted molar refractivity (Wildman–Crippen MR) is 74.7 cm³/mol. The molecule has 0 radical (unpaired) electrons. The smallest absolute Gasteiger partial charge is 0.103 e. The number of aryl methyl sites for hydroxylation is 2. The van der Waals surface area contributed by atoms with Crippen LogP contribution >= 0.6 is 12.4 Å². The highest BCUT2D eigenvalue weighted by Crippen LogP contribution is 2.26. The van der Waals surface area contributed by atoms with E-state index in [1.54, 1.807) is 0 Å². The van der Waals surface area contributed by atoms with Crippen molar-refractivity contribution in [3.63, 3.8) is 0 Å². The summed E-state index contributed by atoms with van der Waals surface area (Å²) in [6.45, 7) is 0. The summed E-state index contributed by atoms with van der Waals surface area (Å²) in [7, 11) is 0. The van der Waals surface area contributed by atoms with Crippen LogP contribution in [0.15, 0.2) is 23.3 Å². The van der Waals surface area contributed by atoms with Gasteiger partial charge in [-0.2, -0.15) is 0 Å². The van der Waals surface area contributed by atoms with Crippen LogP contribution in [-0.4, -0.2) is 5.84 Å². The Morgan fingerprint density at radius 2 is 1.71 bits per heavy atom. The number of hydrogen-bond acceptors (Lipinski definition) is 2. The molecule has 17 heavy (non-hydrogen) atoms. The van der Waals surface area contributed by atoms with Crippen molar-refractivity contribution in [1.82, 2.24) is 0 Å². The lowest BCUT2D eigenvalue weighted by Crippen LogP contribution is -2.15. The van der Waals surface area contributed by atoms with Gasteiger partial charge in [-0.1, -0.05) is 12.1 Å². The maximum absolute atomic E-state index is 5.82. The Bertz CT molecular complexity index is 489. The molecular weight excluding hydrogens is 232 g/mol. The van der Waals surface area contributed by atoms with Gasteiger partial charge in [0.05, 0.1) is 0 Å². The summed E-state index contributed by atoms with van der Waals surface area (Å²) in [4.78, 5) is 4.18. The van der Waals surface area contributed by atoms with Gasteiger partial charge in [-0.15, -0.1) is 12.4 Å². The van der Waals surface area contributed by atoms with Gasteiger partial charge < -0.3 is 5.73 Å². The quantitative estimate of drug-likeness (QED) is 0.753. The number of hydrogen-bond donors (Lipinski definition) is 1. The molecule has 2 aliphatic rings. The number of amidine groups is 1. The van der Waals surface area contributed by atoms with Gasteiger partial charge in [0, 0.05) is 12.6 Å². The zero-order valence-corrected chi connectivity index (χ0v) is 10.6. The maximum Gasteiger partial charge on any atom is 0.103 e. The van der Waals surface area contributed by atoms with Crippen molar-refractivity contribution in [1.29, 1.82) is 0 Å². The zero-order chi connectivity index (χ0) is 11.0. The topological polar surface area (TPSA) is 38.4 Å². The standard InChI is InChI=1S/C14H16N2.ClH/c15-14-9-13-8-11-4-2-1-3-10(11)7-12(13)5-6-16-14;/h5-8H,1-4,9H2,(H2,15,16);1H. The van der Waals surface area contributed by atoms with E-state index in [0.717, 1.165) is 6.42 Å². The molecule has 0 unspecified atom stereocenters. The van der Waals surface area contributed by atoms with E-state index in [2.05, 4.69) is 23.2 Å². The Labute approximate surface area is 108 Å². The van der Waals surface area contributed by atoms with E-state index in [-0.39, 0.29) is 12.4 Å². The van der Waals surface area contributed by atoms with Crippen LogP contribution in [0.1, 0.15) is 35.1 Å². The van der Waals surface area contributed by atoms with E-state index in [0.29, 0.717) is 5.84 Å². The van der Waals surface area contributed by atoms with E-state index < -0.39 is 0 Å². The fraction of sp³-hybridized carbons (Fsp3) is 0.357. The first-order chi connectivity index (χ1) is 7.83. The van der Waals surface area contributed by atoms with E-state index in [1.165, 1.54) is 47.9 Å². The minimum Gasteiger partial charge on any atom is -0.387 e. The van der Waals surface area contributed by atoms with Crippen LogP contribution in [0.2, 0.25) is 0 Å².